The minimum atomic E-state index is 1.41. The molecule has 0 aliphatic heterocycles. The van der Waals surface area contributed by atoms with Crippen molar-refractivity contribution < 1.29 is 0 Å². The third-order valence-electron chi connectivity index (χ3n) is 4.72. The summed E-state index contributed by atoms with van der Waals surface area (Å²) >= 11 is 5.84. The first-order valence-corrected chi connectivity index (χ1v) is 10.0. The van der Waals surface area contributed by atoms with E-state index in [2.05, 4.69) is 54.5 Å². The van der Waals surface area contributed by atoms with Crippen LogP contribution in [0.2, 0.25) is 0 Å². The summed E-state index contributed by atoms with van der Waals surface area (Å²) in [6.07, 6.45) is 0. The molecule has 0 spiro atoms. The van der Waals surface area contributed by atoms with E-state index in [1.165, 1.54) is 57.1 Å². The highest BCUT2D eigenvalue weighted by atomic mass is 32.1. The van der Waals surface area contributed by atoms with Gasteiger partial charge in [0.05, 0.1) is 0 Å². The summed E-state index contributed by atoms with van der Waals surface area (Å²) in [6.45, 7) is 15.7. The maximum absolute atomic E-state index is 2.38. The van der Waals surface area contributed by atoms with Gasteiger partial charge in [-0.1, -0.05) is 0 Å². The fraction of sp³-hybridized carbons (Fsp3) is 0.368. The average molecular weight is 347 g/mol. The summed E-state index contributed by atoms with van der Waals surface area (Å²) in [5.74, 6) is 0. The summed E-state index contributed by atoms with van der Waals surface area (Å²) in [6, 6.07) is 2.38. The molecule has 0 radical (unpaired) electrons. The first-order valence-electron chi connectivity index (χ1n) is 7.55. The molecule has 0 fully saturated rings. The lowest BCUT2D eigenvalue weighted by atomic mass is 10.1. The predicted octanol–water partition coefficient (Wildman–Crippen LogP) is 7.36. The van der Waals surface area contributed by atoms with Crippen LogP contribution >= 0.6 is 34.0 Å². The first-order chi connectivity index (χ1) is 10.3. The molecule has 0 saturated heterocycles. The predicted molar refractivity (Wildman–Crippen MR) is 104 cm³/mol. The largest absolute Gasteiger partial charge is 0.139 e. The van der Waals surface area contributed by atoms with Crippen LogP contribution in [0.25, 0.3) is 19.5 Å². The molecule has 22 heavy (non-hydrogen) atoms. The van der Waals surface area contributed by atoms with Crippen molar-refractivity contribution in [2.45, 2.75) is 48.5 Å². The van der Waals surface area contributed by atoms with Crippen LogP contribution < -0.4 is 0 Å². The SMILES string of the molecule is Cc1cc(-c2sc(C)c(C)c2C)sc1-c1sc(C)c(C)c1C. The molecule has 0 atom stereocenters. The number of aryl methyl sites for hydroxylation is 3. The molecule has 0 amide bonds. The van der Waals surface area contributed by atoms with Gasteiger partial charge in [0.15, 0.2) is 0 Å². The fourth-order valence-corrected chi connectivity index (χ4v) is 6.67. The van der Waals surface area contributed by atoms with Crippen molar-refractivity contribution in [2.24, 2.45) is 0 Å². The average Bonchev–Trinajstić information content (AvgIpc) is 3.06. The molecule has 0 nitrogen and oxygen atoms in total. The number of thiophene rings is 3. The Bertz CT molecular complexity index is 856. The van der Waals surface area contributed by atoms with Crippen LogP contribution in [0.4, 0.5) is 0 Å². The molecule has 3 heteroatoms. The Hall–Kier alpha value is -0.900. The van der Waals surface area contributed by atoms with Crippen molar-refractivity contribution in [3.8, 4) is 19.5 Å². The summed E-state index contributed by atoms with van der Waals surface area (Å²) < 4.78 is 0. The Morgan fingerprint density at radius 2 is 1.05 bits per heavy atom. The van der Waals surface area contributed by atoms with E-state index in [9.17, 15) is 0 Å². The lowest BCUT2D eigenvalue weighted by Crippen LogP contribution is -1.77. The molecule has 3 aromatic rings. The van der Waals surface area contributed by atoms with Gasteiger partial charge in [-0.3, -0.25) is 0 Å². The second kappa shape index (κ2) is 5.63. The third-order valence-corrected chi connectivity index (χ3v) is 8.92. The van der Waals surface area contributed by atoms with Crippen LogP contribution in [0.5, 0.6) is 0 Å². The Morgan fingerprint density at radius 3 is 1.50 bits per heavy atom. The minimum absolute atomic E-state index is 1.41. The highest BCUT2D eigenvalue weighted by molar-refractivity contribution is 7.26. The van der Waals surface area contributed by atoms with E-state index in [4.69, 9.17) is 0 Å². The highest BCUT2D eigenvalue weighted by Crippen LogP contribution is 2.46. The van der Waals surface area contributed by atoms with E-state index in [0.717, 1.165) is 0 Å². The van der Waals surface area contributed by atoms with E-state index >= 15 is 0 Å². The molecule has 3 heterocycles. The second-order valence-electron chi connectivity index (χ2n) is 6.10. The topological polar surface area (TPSA) is 0 Å². The molecule has 0 saturated carbocycles. The van der Waals surface area contributed by atoms with Gasteiger partial charge in [0, 0.05) is 29.3 Å². The highest BCUT2D eigenvalue weighted by Gasteiger charge is 2.18. The van der Waals surface area contributed by atoms with Gasteiger partial charge >= 0.3 is 0 Å². The van der Waals surface area contributed by atoms with Gasteiger partial charge in [0.1, 0.15) is 0 Å². The standard InChI is InChI=1S/C19H22S3/c1-9-8-16(18-12(4)10(2)14(6)20-18)22-17(9)19-13(5)11(3)15(7)21-19/h8H,1-7H3. The molecule has 0 bridgehead atoms. The second-order valence-corrected chi connectivity index (χ2v) is 9.60. The molecular weight excluding hydrogens is 324 g/mol. The summed E-state index contributed by atoms with van der Waals surface area (Å²) in [7, 11) is 0. The lowest BCUT2D eigenvalue weighted by molar-refractivity contribution is 1.35. The van der Waals surface area contributed by atoms with E-state index in [0.29, 0.717) is 0 Å². The van der Waals surface area contributed by atoms with Gasteiger partial charge in [0.2, 0.25) is 0 Å². The van der Waals surface area contributed by atoms with Gasteiger partial charge in [-0.05, 0) is 82.3 Å². The first kappa shape index (κ1) is 16.0. The summed E-state index contributed by atoms with van der Waals surface area (Å²) in [4.78, 5) is 8.69. The zero-order valence-electron chi connectivity index (χ0n) is 14.3. The van der Waals surface area contributed by atoms with Crippen molar-refractivity contribution in [1.29, 1.82) is 0 Å². The maximum Gasteiger partial charge on any atom is 0.0481 e. The number of hydrogen-bond acceptors (Lipinski definition) is 3. The Labute approximate surface area is 145 Å². The van der Waals surface area contributed by atoms with Crippen molar-refractivity contribution in [1.82, 2.24) is 0 Å². The molecule has 0 unspecified atom stereocenters. The third kappa shape index (κ3) is 2.40. The van der Waals surface area contributed by atoms with E-state index < -0.39 is 0 Å². The Morgan fingerprint density at radius 1 is 0.545 bits per heavy atom. The summed E-state index contributed by atoms with van der Waals surface area (Å²) in [5, 5.41) is 0. The van der Waals surface area contributed by atoms with Crippen LogP contribution in [0.15, 0.2) is 6.07 Å². The minimum Gasteiger partial charge on any atom is -0.139 e. The molecule has 0 aliphatic rings. The summed E-state index contributed by atoms with van der Waals surface area (Å²) in [5.41, 5.74) is 7.22. The normalized spacial score (nSPS) is 11.4. The van der Waals surface area contributed by atoms with Gasteiger partial charge in [-0.25, -0.2) is 0 Å². The lowest BCUT2D eigenvalue weighted by Gasteiger charge is -1.98. The molecular formula is C19H22S3. The van der Waals surface area contributed by atoms with Crippen LogP contribution in [-0.4, -0.2) is 0 Å². The van der Waals surface area contributed by atoms with Crippen LogP contribution in [0.3, 0.4) is 0 Å². The maximum atomic E-state index is 2.38. The van der Waals surface area contributed by atoms with Crippen molar-refractivity contribution in [2.75, 3.05) is 0 Å². The van der Waals surface area contributed by atoms with E-state index in [-0.39, 0.29) is 0 Å². The van der Waals surface area contributed by atoms with Gasteiger partial charge in [-0.15, -0.1) is 34.0 Å². The van der Waals surface area contributed by atoms with Crippen LogP contribution in [-0.2, 0) is 0 Å². The van der Waals surface area contributed by atoms with E-state index in [1.807, 2.05) is 34.0 Å². The zero-order valence-corrected chi connectivity index (χ0v) is 16.8. The monoisotopic (exact) mass is 346 g/mol. The Balaban J connectivity index is 2.15. The van der Waals surface area contributed by atoms with Gasteiger partial charge in [0.25, 0.3) is 0 Å². The molecule has 3 aromatic heterocycles. The van der Waals surface area contributed by atoms with E-state index in [1.54, 1.807) is 0 Å². The number of hydrogen-bond donors (Lipinski definition) is 0. The molecule has 0 aliphatic carbocycles. The quantitative estimate of drug-likeness (QED) is 0.454. The molecule has 116 valence electrons. The van der Waals surface area contributed by atoms with Gasteiger partial charge < -0.3 is 0 Å². The van der Waals surface area contributed by atoms with Gasteiger partial charge in [-0.2, -0.15) is 0 Å². The van der Waals surface area contributed by atoms with Crippen LogP contribution in [0, 0.1) is 48.5 Å². The van der Waals surface area contributed by atoms with Crippen molar-refractivity contribution in [3.05, 3.63) is 43.6 Å². The zero-order chi connectivity index (χ0) is 16.2. The smallest absolute Gasteiger partial charge is 0.0481 e. The molecule has 0 N–H and O–H groups in total. The Kier molecular flexibility index (Phi) is 4.09. The van der Waals surface area contributed by atoms with Crippen molar-refractivity contribution in [3.63, 3.8) is 0 Å². The molecule has 0 aromatic carbocycles. The molecule has 3 rings (SSSR count). The number of rotatable bonds is 2. The fourth-order valence-electron chi connectivity index (χ4n) is 2.75. The van der Waals surface area contributed by atoms with Crippen molar-refractivity contribution >= 4 is 34.0 Å². The van der Waals surface area contributed by atoms with Crippen LogP contribution in [0.1, 0.15) is 37.6 Å².